The van der Waals surface area contributed by atoms with E-state index in [0.717, 1.165) is 22.3 Å². The summed E-state index contributed by atoms with van der Waals surface area (Å²) in [5, 5.41) is 15.1. The predicted molar refractivity (Wildman–Crippen MR) is 130 cm³/mol. The number of carbonyl (C=O) groups is 3. The Balaban J connectivity index is 1.30. The lowest BCUT2D eigenvalue weighted by molar-refractivity contribution is -0.152. The molecule has 186 valence electrons. The summed E-state index contributed by atoms with van der Waals surface area (Å²) in [5.41, 5.74) is 2.58. The zero-order valence-corrected chi connectivity index (χ0v) is 20.1. The normalized spacial score (nSPS) is 16.6. The Labute approximate surface area is 205 Å². The molecule has 2 aromatic carbocycles. The first kappa shape index (κ1) is 24.7. The molecule has 2 aliphatic rings. The van der Waals surface area contributed by atoms with E-state index < -0.39 is 23.1 Å². The van der Waals surface area contributed by atoms with Gasteiger partial charge in [0.05, 0.1) is 0 Å². The molecule has 0 saturated carbocycles. The average molecular weight is 481 g/mol. The lowest BCUT2D eigenvalue weighted by Crippen LogP contribution is -2.57. The molecule has 8 nitrogen and oxygen atoms in total. The zero-order chi connectivity index (χ0) is 25.1. The standard InChI is InChI=1S/C27H32N2O6/c1-26(2,12-11-23(30)28-27(24(31)32)13-15-34-16-14-27)29-25(33)35-17-22-20-9-5-3-7-18(20)19-8-4-6-10-21(19)22/h3-10,22H,11-17H2,1-2H3,(H,28,30)(H,29,33)(H,31,32). The van der Waals surface area contributed by atoms with Crippen molar-refractivity contribution in [3.05, 3.63) is 59.7 Å². The van der Waals surface area contributed by atoms with Gasteiger partial charge in [0.2, 0.25) is 5.91 Å². The molecular weight excluding hydrogens is 448 g/mol. The van der Waals surface area contributed by atoms with Gasteiger partial charge in [-0.2, -0.15) is 0 Å². The first-order valence-corrected chi connectivity index (χ1v) is 12.0. The number of amides is 2. The number of carbonyl (C=O) groups excluding carboxylic acids is 2. The van der Waals surface area contributed by atoms with Gasteiger partial charge in [0.1, 0.15) is 12.1 Å². The first-order valence-electron chi connectivity index (χ1n) is 12.0. The fraction of sp³-hybridized carbons (Fsp3) is 0.444. The summed E-state index contributed by atoms with van der Waals surface area (Å²) in [7, 11) is 0. The van der Waals surface area contributed by atoms with Gasteiger partial charge in [-0.05, 0) is 42.5 Å². The van der Waals surface area contributed by atoms with Gasteiger partial charge in [-0.25, -0.2) is 9.59 Å². The third-order valence-corrected chi connectivity index (χ3v) is 6.90. The lowest BCUT2D eigenvalue weighted by Gasteiger charge is -2.34. The monoisotopic (exact) mass is 480 g/mol. The van der Waals surface area contributed by atoms with Gasteiger partial charge in [-0.15, -0.1) is 0 Å². The Hall–Kier alpha value is -3.39. The molecule has 1 aliphatic carbocycles. The number of alkyl carbamates (subject to hydrolysis) is 1. The van der Waals surface area contributed by atoms with Crippen LogP contribution in [-0.4, -0.2) is 54.0 Å². The maximum Gasteiger partial charge on any atom is 0.407 e. The number of benzene rings is 2. The van der Waals surface area contributed by atoms with Gasteiger partial charge in [0.25, 0.3) is 0 Å². The number of rotatable bonds is 8. The van der Waals surface area contributed by atoms with Gasteiger partial charge < -0.3 is 25.2 Å². The van der Waals surface area contributed by atoms with Crippen molar-refractivity contribution in [3.8, 4) is 11.1 Å². The molecule has 3 N–H and O–H groups in total. The van der Waals surface area contributed by atoms with Crippen molar-refractivity contribution in [2.24, 2.45) is 0 Å². The van der Waals surface area contributed by atoms with E-state index >= 15 is 0 Å². The number of aliphatic carboxylic acids is 1. The average Bonchev–Trinajstić information content (AvgIpc) is 3.15. The van der Waals surface area contributed by atoms with Crippen LogP contribution in [0.25, 0.3) is 11.1 Å². The van der Waals surface area contributed by atoms with Crippen molar-refractivity contribution in [3.63, 3.8) is 0 Å². The molecule has 1 heterocycles. The number of carboxylic acid groups (broad SMARTS) is 1. The molecule has 35 heavy (non-hydrogen) atoms. The van der Waals surface area contributed by atoms with E-state index in [2.05, 4.69) is 34.9 Å². The van der Waals surface area contributed by atoms with Crippen LogP contribution in [-0.2, 0) is 19.1 Å². The van der Waals surface area contributed by atoms with Gasteiger partial charge in [0.15, 0.2) is 0 Å². The van der Waals surface area contributed by atoms with Crippen LogP contribution in [0, 0.1) is 0 Å². The van der Waals surface area contributed by atoms with Gasteiger partial charge in [-0.1, -0.05) is 48.5 Å². The maximum atomic E-state index is 12.6. The number of carboxylic acids is 1. The second kappa shape index (κ2) is 10.1. The summed E-state index contributed by atoms with van der Waals surface area (Å²) in [6, 6.07) is 16.3. The van der Waals surface area contributed by atoms with Crippen LogP contribution in [0.3, 0.4) is 0 Å². The molecule has 1 fully saturated rings. The molecular formula is C27H32N2O6. The summed E-state index contributed by atoms with van der Waals surface area (Å²) in [4.78, 5) is 36.9. The number of hydrogen-bond acceptors (Lipinski definition) is 5. The number of ether oxygens (including phenoxy) is 2. The maximum absolute atomic E-state index is 12.6. The van der Waals surface area contributed by atoms with E-state index in [4.69, 9.17) is 9.47 Å². The molecule has 0 unspecified atom stereocenters. The Morgan fingerprint density at radius 2 is 1.60 bits per heavy atom. The Kier molecular flexibility index (Phi) is 7.12. The number of fused-ring (bicyclic) bond motifs is 3. The van der Waals surface area contributed by atoms with E-state index in [1.165, 1.54) is 0 Å². The van der Waals surface area contributed by atoms with Crippen LogP contribution in [0.1, 0.15) is 56.6 Å². The van der Waals surface area contributed by atoms with Crippen LogP contribution >= 0.6 is 0 Å². The highest BCUT2D eigenvalue weighted by atomic mass is 16.5. The highest BCUT2D eigenvalue weighted by Crippen LogP contribution is 2.44. The van der Waals surface area contributed by atoms with Crippen molar-refractivity contribution in [2.75, 3.05) is 19.8 Å². The van der Waals surface area contributed by atoms with E-state index in [1.807, 2.05) is 38.1 Å². The fourth-order valence-electron chi connectivity index (χ4n) is 4.84. The van der Waals surface area contributed by atoms with Crippen LogP contribution < -0.4 is 10.6 Å². The van der Waals surface area contributed by atoms with E-state index in [-0.39, 0.29) is 37.7 Å². The summed E-state index contributed by atoms with van der Waals surface area (Å²) in [6.07, 6.45) is 0.316. The summed E-state index contributed by atoms with van der Waals surface area (Å²) in [6.45, 7) is 4.41. The Morgan fingerprint density at radius 1 is 1.03 bits per heavy atom. The summed E-state index contributed by atoms with van der Waals surface area (Å²) in [5.74, 6) is -1.45. The van der Waals surface area contributed by atoms with Gasteiger partial charge in [0, 0.05) is 43.9 Å². The predicted octanol–water partition coefficient (Wildman–Crippen LogP) is 3.83. The van der Waals surface area contributed by atoms with Crippen LogP contribution in [0.5, 0.6) is 0 Å². The van der Waals surface area contributed by atoms with Crippen LogP contribution in [0.4, 0.5) is 4.79 Å². The third kappa shape index (κ3) is 5.48. The highest BCUT2D eigenvalue weighted by molar-refractivity contribution is 5.87. The first-order chi connectivity index (χ1) is 16.7. The quantitative estimate of drug-likeness (QED) is 0.529. The van der Waals surface area contributed by atoms with Crippen molar-refractivity contribution < 1.29 is 29.0 Å². The van der Waals surface area contributed by atoms with Crippen LogP contribution in [0.15, 0.2) is 48.5 Å². The largest absolute Gasteiger partial charge is 0.480 e. The zero-order valence-electron chi connectivity index (χ0n) is 20.1. The highest BCUT2D eigenvalue weighted by Gasteiger charge is 2.41. The molecule has 0 bridgehead atoms. The second-order valence-electron chi connectivity index (χ2n) is 9.88. The summed E-state index contributed by atoms with van der Waals surface area (Å²) < 4.78 is 10.8. The Bertz CT molecular complexity index is 1060. The minimum Gasteiger partial charge on any atom is -0.480 e. The van der Waals surface area contributed by atoms with Crippen molar-refractivity contribution >= 4 is 18.0 Å². The fourth-order valence-corrected chi connectivity index (χ4v) is 4.84. The molecule has 2 amide bonds. The van der Waals surface area contributed by atoms with Crippen molar-refractivity contribution in [1.82, 2.24) is 10.6 Å². The minimum atomic E-state index is -1.29. The molecule has 0 radical (unpaired) electrons. The SMILES string of the molecule is CC(C)(CCC(=O)NC1(C(=O)O)CCOCC1)NC(=O)OCC1c2ccccc2-c2ccccc21. The number of nitrogens with one attached hydrogen (secondary N) is 2. The molecule has 4 rings (SSSR count). The van der Waals surface area contributed by atoms with E-state index in [9.17, 15) is 19.5 Å². The molecule has 0 spiro atoms. The summed E-state index contributed by atoms with van der Waals surface area (Å²) >= 11 is 0. The van der Waals surface area contributed by atoms with Crippen molar-refractivity contribution in [1.29, 1.82) is 0 Å². The smallest absolute Gasteiger partial charge is 0.407 e. The molecule has 1 aliphatic heterocycles. The number of hydrogen-bond donors (Lipinski definition) is 3. The Morgan fingerprint density at radius 3 is 2.17 bits per heavy atom. The van der Waals surface area contributed by atoms with Gasteiger partial charge >= 0.3 is 12.1 Å². The molecule has 8 heteroatoms. The molecule has 2 aromatic rings. The van der Waals surface area contributed by atoms with E-state index in [1.54, 1.807) is 0 Å². The lowest BCUT2D eigenvalue weighted by atomic mass is 9.89. The third-order valence-electron chi connectivity index (χ3n) is 6.90. The van der Waals surface area contributed by atoms with Gasteiger partial charge in [-0.3, -0.25) is 4.79 Å². The van der Waals surface area contributed by atoms with Crippen molar-refractivity contribution in [2.45, 2.75) is 56.5 Å². The molecule has 0 aromatic heterocycles. The minimum absolute atomic E-state index is 0.0336. The van der Waals surface area contributed by atoms with Crippen LogP contribution in [0.2, 0.25) is 0 Å². The van der Waals surface area contributed by atoms with E-state index in [0.29, 0.717) is 19.6 Å². The molecule has 0 atom stereocenters. The second-order valence-corrected chi connectivity index (χ2v) is 9.88. The molecule has 1 saturated heterocycles. The topological polar surface area (TPSA) is 114 Å².